The number of hydrogen-bond acceptors (Lipinski definition) is 2. The summed E-state index contributed by atoms with van der Waals surface area (Å²) >= 11 is 6.13. The number of hydrogen-bond donors (Lipinski definition) is 1. The van der Waals surface area contributed by atoms with Gasteiger partial charge in [-0.1, -0.05) is 41.9 Å². The normalized spacial score (nSPS) is 12.2. The van der Waals surface area contributed by atoms with Crippen LogP contribution in [0.4, 0.5) is 0 Å². The molecule has 0 aliphatic carbocycles. The first kappa shape index (κ1) is 14.9. The van der Waals surface area contributed by atoms with E-state index < -0.39 is 0 Å². The number of benzene rings is 2. The molecule has 1 N–H and O–H groups in total. The zero-order valence-corrected chi connectivity index (χ0v) is 12.9. The zero-order valence-electron chi connectivity index (χ0n) is 12.1. The standard InChI is InChI=1S/C17H20ClNO/c1-12-6-4-5-7-15(12)13(2)19-11-14-8-9-17(20-3)16(18)10-14/h4-10,13,19H,11H2,1-3H3. The molecule has 0 heterocycles. The van der Waals surface area contributed by atoms with Gasteiger partial charge in [0, 0.05) is 12.6 Å². The lowest BCUT2D eigenvalue weighted by Gasteiger charge is -2.17. The highest BCUT2D eigenvalue weighted by Crippen LogP contribution is 2.25. The van der Waals surface area contributed by atoms with Gasteiger partial charge in [0.05, 0.1) is 12.1 Å². The van der Waals surface area contributed by atoms with E-state index in [2.05, 4.69) is 43.4 Å². The Morgan fingerprint density at radius 1 is 1.20 bits per heavy atom. The molecule has 0 saturated carbocycles. The summed E-state index contributed by atoms with van der Waals surface area (Å²) in [5.41, 5.74) is 3.78. The van der Waals surface area contributed by atoms with Gasteiger partial charge in [-0.3, -0.25) is 0 Å². The monoisotopic (exact) mass is 289 g/mol. The van der Waals surface area contributed by atoms with Crippen LogP contribution in [0.3, 0.4) is 0 Å². The predicted molar refractivity (Wildman–Crippen MR) is 84.4 cm³/mol. The third-order valence-electron chi connectivity index (χ3n) is 3.48. The highest BCUT2D eigenvalue weighted by atomic mass is 35.5. The molecule has 0 aliphatic rings. The van der Waals surface area contributed by atoms with E-state index in [0.29, 0.717) is 16.8 Å². The zero-order chi connectivity index (χ0) is 14.5. The van der Waals surface area contributed by atoms with Crippen LogP contribution in [0, 0.1) is 6.92 Å². The molecule has 2 nitrogen and oxygen atoms in total. The quantitative estimate of drug-likeness (QED) is 0.874. The van der Waals surface area contributed by atoms with Gasteiger partial charge in [0.2, 0.25) is 0 Å². The van der Waals surface area contributed by atoms with Crippen LogP contribution in [0.25, 0.3) is 0 Å². The second-order valence-electron chi connectivity index (χ2n) is 4.93. The molecule has 2 rings (SSSR count). The van der Waals surface area contributed by atoms with E-state index >= 15 is 0 Å². The Morgan fingerprint density at radius 2 is 1.95 bits per heavy atom. The minimum absolute atomic E-state index is 0.303. The smallest absolute Gasteiger partial charge is 0.137 e. The van der Waals surface area contributed by atoms with E-state index in [-0.39, 0.29) is 0 Å². The van der Waals surface area contributed by atoms with Crippen molar-refractivity contribution < 1.29 is 4.74 Å². The first-order valence-electron chi connectivity index (χ1n) is 6.73. The summed E-state index contributed by atoms with van der Waals surface area (Å²) in [7, 11) is 1.62. The van der Waals surface area contributed by atoms with E-state index in [1.165, 1.54) is 11.1 Å². The second kappa shape index (κ2) is 6.78. The Labute approximate surface area is 125 Å². The Morgan fingerprint density at radius 3 is 2.60 bits per heavy atom. The molecule has 0 fully saturated rings. The topological polar surface area (TPSA) is 21.3 Å². The lowest BCUT2D eigenvalue weighted by molar-refractivity contribution is 0.414. The summed E-state index contributed by atoms with van der Waals surface area (Å²) in [5, 5.41) is 4.17. The Hall–Kier alpha value is -1.51. The van der Waals surface area contributed by atoms with Gasteiger partial charge < -0.3 is 10.1 Å². The molecule has 2 aromatic rings. The molecular formula is C17H20ClNO. The maximum absolute atomic E-state index is 6.13. The highest BCUT2D eigenvalue weighted by Gasteiger charge is 2.08. The van der Waals surface area contributed by atoms with Gasteiger partial charge in [0.1, 0.15) is 5.75 Å². The lowest BCUT2D eigenvalue weighted by atomic mass is 10.0. The number of ether oxygens (including phenoxy) is 1. The predicted octanol–water partition coefficient (Wildman–Crippen LogP) is 4.51. The molecule has 0 saturated heterocycles. The van der Waals surface area contributed by atoms with Crippen molar-refractivity contribution in [3.63, 3.8) is 0 Å². The number of rotatable bonds is 5. The molecular weight excluding hydrogens is 270 g/mol. The van der Waals surface area contributed by atoms with Crippen LogP contribution < -0.4 is 10.1 Å². The molecule has 3 heteroatoms. The molecule has 106 valence electrons. The van der Waals surface area contributed by atoms with E-state index in [1.807, 2.05) is 18.2 Å². The molecule has 0 radical (unpaired) electrons. The molecule has 0 aliphatic heterocycles. The summed E-state index contributed by atoms with van der Waals surface area (Å²) in [6.45, 7) is 5.09. The largest absolute Gasteiger partial charge is 0.495 e. The van der Waals surface area contributed by atoms with Crippen molar-refractivity contribution in [2.75, 3.05) is 7.11 Å². The average molecular weight is 290 g/mol. The van der Waals surface area contributed by atoms with Gasteiger partial charge in [-0.15, -0.1) is 0 Å². The van der Waals surface area contributed by atoms with Crippen molar-refractivity contribution in [2.45, 2.75) is 26.4 Å². The molecule has 0 amide bonds. The number of methoxy groups -OCH3 is 1. The molecule has 2 aromatic carbocycles. The van der Waals surface area contributed by atoms with E-state index in [9.17, 15) is 0 Å². The fraction of sp³-hybridized carbons (Fsp3) is 0.294. The average Bonchev–Trinajstić information content (AvgIpc) is 2.45. The van der Waals surface area contributed by atoms with Crippen LogP contribution in [0.1, 0.15) is 29.7 Å². The van der Waals surface area contributed by atoms with Crippen LogP contribution in [0.5, 0.6) is 5.75 Å². The first-order valence-corrected chi connectivity index (χ1v) is 7.11. The van der Waals surface area contributed by atoms with Crippen molar-refractivity contribution in [3.05, 3.63) is 64.2 Å². The third kappa shape index (κ3) is 3.53. The van der Waals surface area contributed by atoms with Gasteiger partial charge in [0.25, 0.3) is 0 Å². The number of nitrogens with one attached hydrogen (secondary N) is 1. The van der Waals surface area contributed by atoms with Crippen LogP contribution in [0.15, 0.2) is 42.5 Å². The summed E-state index contributed by atoms with van der Waals surface area (Å²) in [5.74, 6) is 0.711. The molecule has 0 bridgehead atoms. The van der Waals surface area contributed by atoms with Crippen LogP contribution >= 0.6 is 11.6 Å². The van der Waals surface area contributed by atoms with Gasteiger partial charge in [-0.05, 0) is 42.7 Å². The second-order valence-corrected chi connectivity index (χ2v) is 5.34. The fourth-order valence-electron chi connectivity index (χ4n) is 2.27. The van der Waals surface area contributed by atoms with Gasteiger partial charge >= 0.3 is 0 Å². The van der Waals surface area contributed by atoms with Crippen LogP contribution in [-0.4, -0.2) is 7.11 Å². The lowest BCUT2D eigenvalue weighted by Crippen LogP contribution is -2.18. The maximum Gasteiger partial charge on any atom is 0.137 e. The molecule has 0 aromatic heterocycles. The fourth-order valence-corrected chi connectivity index (χ4v) is 2.55. The third-order valence-corrected chi connectivity index (χ3v) is 3.78. The van der Waals surface area contributed by atoms with E-state index in [0.717, 1.165) is 12.1 Å². The van der Waals surface area contributed by atoms with Gasteiger partial charge in [0.15, 0.2) is 0 Å². The van der Waals surface area contributed by atoms with Crippen molar-refractivity contribution in [1.29, 1.82) is 0 Å². The first-order chi connectivity index (χ1) is 9.61. The minimum Gasteiger partial charge on any atom is -0.495 e. The van der Waals surface area contributed by atoms with Crippen molar-refractivity contribution in [2.24, 2.45) is 0 Å². The Balaban J connectivity index is 2.02. The van der Waals surface area contributed by atoms with Gasteiger partial charge in [-0.25, -0.2) is 0 Å². The SMILES string of the molecule is COc1ccc(CNC(C)c2ccccc2C)cc1Cl. The van der Waals surface area contributed by atoms with Gasteiger partial charge in [-0.2, -0.15) is 0 Å². The Bertz CT molecular complexity index is 583. The summed E-state index contributed by atoms with van der Waals surface area (Å²) in [6.07, 6.45) is 0. The molecule has 0 spiro atoms. The minimum atomic E-state index is 0.303. The molecule has 20 heavy (non-hydrogen) atoms. The van der Waals surface area contributed by atoms with Crippen molar-refractivity contribution in [1.82, 2.24) is 5.32 Å². The highest BCUT2D eigenvalue weighted by molar-refractivity contribution is 6.32. The molecule has 1 atom stereocenters. The summed E-state index contributed by atoms with van der Waals surface area (Å²) in [6, 6.07) is 14.6. The van der Waals surface area contributed by atoms with E-state index in [1.54, 1.807) is 7.11 Å². The summed E-state index contributed by atoms with van der Waals surface area (Å²) < 4.78 is 5.16. The van der Waals surface area contributed by atoms with Crippen LogP contribution in [0.2, 0.25) is 5.02 Å². The molecule has 1 unspecified atom stereocenters. The van der Waals surface area contributed by atoms with Crippen molar-refractivity contribution >= 4 is 11.6 Å². The Kier molecular flexibility index (Phi) is 5.05. The van der Waals surface area contributed by atoms with Crippen molar-refractivity contribution in [3.8, 4) is 5.75 Å². The number of aryl methyl sites for hydroxylation is 1. The maximum atomic E-state index is 6.13. The summed E-state index contributed by atoms with van der Waals surface area (Å²) in [4.78, 5) is 0. The van der Waals surface area contributed by atoms with E-state index in [4.69, 9.17) is 16.3 Å². The number of halogens is 1. The van der Waals surface area contributed by atoms with Crippen LogP contribution in [-0.2, 0) is 6.54 Å².